The van der Waals surface area contributed by atoms with E-state index in [9.17, 15) is 13.2 Å². The van der Waals surface area contributed by atoms with Crippen LogP contribution in [0.15, 0.2) is 49.3 Å². The van der Waals surface area contributed by atoms with Gasteiger partial charge in [-0.3, -0.25) is 19.1 Å². The van der Waals surface area contributed by atoms with Crippen LogP contribution in [0.1, 0.15) is 24.5 Å². The molecule has 28 heavy (non-hydrogen) atoms. The van der Waals surface area contributed by atoms with E-state index in [4.69, 9.17) is 4.98 Å². The van der Waals surface area contributed by atoms with E-state index >= 15 is 0 Å². The van der Waals surface area contributed by atoms with E-state index in [1.54, 1.807) is 24.8 Å². The van der Waals surface area contributed by atoms with Gasteiger partial charge in [-0.05, 0) is 25.0 Å². The Balaban J connectivity index is 1.68. The molecule has 0 radical (unpaired) electrons. The Morgan fingerprint density at radius 2 is 1.86 bits per heavy atom. The standard InChI is InChI=1S/C19H15F3N6/c20-19(21,22)11-27-10-14(9-25-27)17-15(12-1-2-12)26-18-16(24-7-8-28(17)18)13-3-5-23-6-4-13/h3-10,12H,1-2,11H2. The summed E-state index contributed by atoms with van der Waals surface area (Å²) in [7, 11) is 0. The first-order valence-corrected chi connectivity index (χ1v) is 8.86. The van der Waals surface area contributed by atoms with Crippen molar-refractivity contribution in [3.63, 3.8) is 0 Å². The molecule has 4 aromatic heterocycles. The number of pyridine rings is 1. The van der Waals surface area contributed by atoms with Crippen LogP contribution in [0.25, 0.3) is 28.2 Å². The Bertz CT molecular complexity index is 1140. The van der Waals surface area contributed by atoms with Crippen LogP contribution in [0.2, 0.25) is 0 Å². The van der Waals surface area contributed by atoms with Gasteiger partial charge in [-0.25, -0.2) is 4.98 Å². The number of hydrogen-bond donors (Lipinski definition) is 0. The van der Waals surface area contributed by atoms with Crippen molar-refractivity contribution in [2.24, 2.45) is 0 Å². The van der Waals surface area contributed by atoms with E-state index in [-0.39, 0.29) is 0 Å². The Morgan fingerprint density at radius 3 is 2.57 bits per heavy atom. The summed E-state index contributed by atoms with van der Waals surface area (Å²) >= 11 is 0. The molecule has 0 aromatic carbocycles. The van der Waals surface area contributed by atoms with E-state index in [0.717, 1.165) is 34.5 Å². The van der Waals surface area contributed by atoms with Gasteiger partial charge in [-0.15, -0.1) is 0 Å². The van der Waals surface area contributed by atoms with Crippen LogP contribution in [-0.4, -0.2) is 35.3 Å². The van der Waals surface area contributed by atoms with Gasteiger partial charge in [0.25, 0.3) is 0 Å². The molecule has 0 bridgehead atoms. The normalized spacial score (nSPS) is 14.7. The first-order chi connectivity index (χ1) is 13.5. The van der Waals surface area contributed by atoms with Crippen LogP contribution in [0, 0.1) is 0 Å². The number of nitrogens with zero attached hydrogens (tertiary/aromatic N) is 6. The van der Waals surface area contributed by atoms with Crippen LogP contribution in [0.4, 0.5) is 13.2 Å². The molecule has 0 amide bonds. The second kappa shape index (κ2) is 6.15. The molecule has 0 saturated heterocycles. The first-order valence-electron chi connectivity index (χ1n) is 8.86. The van der Waals surface area contributed by atoms with Crippen molar-refractivity contribution in [3.8, 4) is 22.5 Å². The van der Waals surface area contributed by atoms with Gasteiger partial charge in [0.1, 0.15) is 12.2 Å². The van der Waals surface area contributed by atoms with Gasteiger partial charge < -0.3 is 0 Å². The molecule has 1 saturated carbocycles. The molecule has 1 fully saturated rings. The van der Waals surface area contributed by atoms with Crippen LogP contribution in [0.5, 0.6) is 0 Å². The molecule has 6 nitrogen and oxygen atoms in total. The highest BCUT2D eigenvalue weighted by molar-refractivity contribution is 5.78. The van der Waals surface area contributed by atoms with Crippen molar-refractivity contribution in [2.45, 2.75) is 31.5 Å². The third-order valence-corrected chi connectivity index (χ3v) is 4.74. The van der Waals surface area contributed by atoms with Crippen LogP contribution in [0.3, 0.4) is 0 Å². The van der Waals surface area contributed by atoms with Crippen LogP contribution < -0.4 is 0 Å². The largest absolute Gasteiger partial charge is 0.408 e. The maximum absolute atomic E-state index is 12.7. The molecular weight excluding hydrogens is 369 g/mol. The van der Waals surface area contributed by atoms with Gasteiger partial charge in [0.2, 0.25) is 0 Å². The minimum atomic E-state index is -4.32. The minimum absolute atomic E-state index is 0.311. The van der Waals surface area contributed by atoms with E-state index in [2.05, 4.69) is 15.1 Å². The highest BCUT2D eigenvalue weighted by Crippen LogP contribution is 2.44. The number of rotatable bonds is 4. The highest BCUT2D eigenvalue weighted by atomic mass is 19.4. The lowest BCUT2D eigenvalue weighted by atomic mass is 10.1. The smallest absolute Gasteiger partial charge is 0.296 e. The molecule has 4 heterocycles. The molecule has 0 unspecified atom stereocenters. The van der Waals surface area contributed by atoms with Gasteiger partial charge >= 0.3 is 6.18 Å². The van der Waals surface area contributed by atoms with Gasteiger partial charge in [0.05, 0.1) is 17.6 Å². The average Bonchev–Trinajstić information content (AvgIpc) is 3.30. The Labute approximate surface area is 157 Å². The number of halogens is 3. The molecule has 0 spiro atoms. The van der Waals surface area contributed by atoms with E-state index < -0.39 is 12.7 Å². The molecule has 0 atom stereocenters. The lowest BCUT2D eigenvalue weighted by Gasteiger charge is -2.06. The Kier molecular flexibility index (Phi) is 3.71. The number of aromatic nitrogens is 6. The molecule has 9 heteroatoms. The highest BCUT2D eigenvalue weighted by Gasteiger charge is 2.33. The van der Waals surface area contributed by atoms with E-state index in [1.165, 1.54) is 12.4 Å². The van der Waals surface area contributed by atoms with Crippen molar-refractivity contribution in [1.29, 1.82) is 0 Å². The summed E-state index contributed by atoms with van der Waals surface area (Å²) in [4.78, 5) is 13.3. The van der Waals surface area contributed by atoms with Crippen LogP contribution >= 0.6 is 0 Å². The topological polar surface area (TPSA) is 60.9 Å². The van der Waals surface area contributed by atoms with Crippen molar-refractivity contribution in [2.75, 3.05) is 0 Å². The minimum Gasteiger partial charge on any atom is -0.296 e. The second-order valence-electron chi connectivity index (χ2n) is 6.87. The summed E-state index contributed by atoms with van der Waals surface area (Å²) in [5.74, 6) is 0.311. The number of imidazole rings is 1. The summed E-state index contributed by atoms with van der Waals surface area (Å²) in [6.45, 7) is -1.12. The van der Waals surface area contributed by atoms with Crippen LogP contribution in [-0.2, 0) is 6.54 Å². The second-order valence-corrected chi connectivity index (χ2v) is 6.87. The summed E-state index contributed by atoms with van der Waals surface area (Å²) in [5.41, 5.74) is 4.55. The molecule has 1 aliphatic rings. The lowest BCUT2D eigenvalue weighted by molar-refractivity contribution is -0.142. The summed E-state index contributed by atoms with van der Waals surface area (Å²) in [6.07, 6.45) is 7.45. The zero-order valence-corrected chi connectivity index (χ0v) is 14.6. The number of alkyl halides is 3. The number of fused-ring (bicyclic) bond motifs is 1. The quantitative estimate of drug-likeness (QED) is 0.532. The first kappa shape index (κ1) is 16.9. The average molecular weight is 384 g/mol. The fourth-order valence-electron chi connectivity index (χ4n) is 3.39. The summed E-state index contributed by atoms with van der Waals surface area (Å²) in [6, 6.07) is 3.71. The van der Waals surface area contributed by atoms with Crippen molar-refractivity contribution < 1.29 is 13.2 Å². The molecule has 1 aliphatic carbocycles. The Morgan fingerprint density at radius 1 is 1.07 bits per heavy atom. The zero-order valence-electron chi connectivity index (χ0n) is 14.6. The van der Waals surface area contributed by atoms with Crippen molar-refractivity contribution in [3.05, 3.63) is 55.0 Å². The third kappa shape index (κ3) is 3.02. The molecular formula is C19H15F3N6. The predicted octanol–water partition coefficient (Wildman–Crippen LogP) is 4.09. The van der Waals surface area contributed by atoms with Crippen molar-refractivity contribution >= 4 is 5.65 Å². The van der Waals surface area contributed by atoms with Crippen molar-refractivity contribution in [1.82, 2.24) is 29.1 Å². The van der Waals surface area contributed by atoms with E-state index in [1.807, 2.05) is 16.5 Å². The maximum Gasteiger partial charge on any atom is 0.408 e. The predicted molar refractivity (Wildman–Crippen MR) is 95.5 cm³/mol. The maximum atomic E-state index is 12.7. The zero-order chi connectivity index (χ0) is 19.3. The summed E-state index contributed by atoms with van der Waals surface area (Å²) < 4.78 is 40.9. The molecule has 5 rings (SSSR count). The Hall–Kier alpha value is -3.23. The lowest BCUT2D eigenvalue weighted by Crippen LogP contribution is -2.17. The monoisotopic (exact) mass is 384 g/mol. The molecule has 4 aromatic rings. The third-order valence-electron chi connectivity index (χ3n) is 4.74. The van der Waals surface area contributed by atoms with Gasteiger partial charge in [-0.2, -0.15) is 18.3 Å². The SMILES string of the molecule is FC(F)(F)Cn1cc(-c2c(C3CC3)nc3c(-c4ccncc4)nccn23)cn1. The molecule has 0 aliphatic heterocycles. The van der Waals surface area contributed by atoms with Gasteiger partial charge in [0.15, 0.2) is 5.65 Å². The fourth-order valence-corrected chi connectivity index (χ4v) is 3.39. The van der Waals surface area contributed by atoms with E-state index in [0.29, 0.717) is 22.8 Å². The molecule has 0 N–H and O–H groups in total. The van der Waals surface area contributed by atoms with Gasteiger partial charge in [-0.1, -0.05) is 0 Å². The molecule has 142 valence electrons. The summed E-state index contributed by atoms with van der Waals surface area (Å²) in [5, 5.41) is 3.90. The number of hydrogen-bond acceptors (Lipinski definition) is 4. The van der Waals surface area contributed by atoms with Gasteiger partial charge in [0, 0.05) is 48.0 Å². The fraction of sp³-hybridized carbons (Fsp3) is 0.263.